The Balaban J connectivity index is 1.68. The van der Waals surface area contributed by atoms with Gasteiger partial charge in [0.15, 0.2) is 0 Å². The van der Waals surface area contributed by atoms with Gasteiger partial charge < -0.3 is 9.47 Å². The second-order valence-electron chi connectivity index (χ2n) is 5.47. The van der Waals surface area contributed by atoms with Crippen LogP contribution in [-0.2, 0) is 9.47 Å². The fraction of sp³-hybridized carbons (Fsp3) is 1.00. The average Bonchev–Trinajstić information content (AvgIpc) is 2.26. The van der Waals surface area contributed by atoms with Crippen molar-refractivity contribution in [2.45, 2.75) is 63.4 Å². The number of halogens is 2. The number of methoxy groups -OCH3 is 1. The normalized spacial score (nSPS) is 37.8. The van der Waals surface area contributed by atoms with Gasteiger partial charge in [0.05, 0.1) is 24.9 Å². The Morgan fingerprint density at radius 1 is 1.17 bits per heavy atom. The maximum absolute atomic E-state index is 12.4. The summed E-state index contributed by atoms with van der Waals surface area (Å²) in [6.45, 7) is 2.62. The van der Waals surface area contributed by atoms with Gasteiger partial charge in [0, 0.05) is 19.7 Å². The van der Waals surface area contributed by atoms with E-state index in [0.29, 0.717) is 12.2 Å². The number of alkyl halides is 2. The van der Waals surface area contributed by atoms with Crippen LogP contribution in [-0.4, -0.2) is 55.9 Å². The van der Waals surface area contributed by atoms with Crippen LogP contribution in [0.5, 0.6) is 0 Å². The molecule has 1 heterocycles. The van der Waals surface area contributed by atoms with Gasteiger partial charge in [-0.05, 0) is 32.6 Å². The minimum absolute atomic E-state index is 0.108. The molecule has 0 bridgehead atoms. The van der Waals surface area contributed by atoms with E-state index in [0.717, 1.165) is 32.2 Å². The first-order valence-corrected chi connectivity index (χ1v) is 6.79. The molecule has 2 rings (SSSR count). The Kier molecular flexibility index (Phi) is 4.92. The highest BCUT2D eigenvalue weighted by molar-refractivity contribution is 4.85. The summed E-state index contributed by atoms with van der Waals surface area (Å²) in [6.07, 6.45) is 2.34. The molecule has 0 aromatic carbocycles. The Labute approximate surface area is 107 Å². The molecule has 0 aromatic heterocycles. The highest BCUT2D eigenvalue weighted by Crippen LogP contribution is 2.30. The number of hydrogen-bond acceptors (Lipinski definition) is 3. The minimum Gasteiger partial charge on any atom is -0.381 e. The van der Waals surface area contributed by atoms with Crippen LogP contribution >= 0.6 is 0 Å². The standard InChI is InChI=1S/C13H23F2NO2/c1-9-5-10(3-4-16(9)8-13(14)15)18-12-6-11(7-12)17-2/h9-13H,3-8H2,1-2H3/t9-,10?,11?,12?/m1/s1. The Bertz CT molecular complexity index is 259. The van der Waals surface area contributed by atoms with Crippen LogP contribution in [0.15, 0.2) is 0 Å². The monoisotopic (exact) mass is 263 g/mol. The van der Waals surface area contributed by atoms with Gasteiger partial charge in [0.2, 0.25) is 0 Å². The minimum atomic E-state index is -2.24. The van der Waals surface area contributed by atoms with Gasteiger partial charge in [-0.25, -0.2) is 8.78 Å². The molecule has 0 aromatic rings. The summed E-state index contributed by atoms with van der Waals surface area (Å²) in [5.74, 6) is 0. The predicted octanol–water partition coefficient (Wildman–Crippen LogP) is 2.30. The fourth-order valence-electron chi connectivity index (χ4n) is 2.84. The molecule has 1 aliphatic heterocycles. The fourth-order valence-corrected chi connectivity index (χ4v) is 2.84. The Morgan fingerprint density at radius 2 is 1.89 bits per heavy atom. The number of likely N-dealkylation sites (tertiary alicyclic amines) is 1. The summed E-state index contributed by atoms with van der Waals surface area (Å²) in [6, 6.07) is 0.191. The van der Waals surface area contributed by atoms with Gasteiger partial charge in [-0.2, -0.15) is 0 Å². The molecule has 0 radical (unpaired) electrons. The third-order valence-electron chi connectivity index (χ3n) is 4.11. The zero-order valence-electron chi connectivity index (χ0n) is 11.1. The highest BCUT2D eigenvalue weighted by atomic mass is 19.3. The maximum atomic E-state index is 12.4. The molecule has 3 nitrogen and oxygen atoms in total. The van der Waals surface area contributed by atoms with Gasteiger partial charge in [-0.3, -0.25) is 4.90 Å². The molecule has 106 valence electrons. The molecule has 1 saturated heterocycles. The molecule has 1 unspecified atom stereocenters. The van der Waals surface area contributed by atoms with E-state index >= 15 is 0 Å². The first kappa shape index (κ1) is 14.2. The Morgan fingerprint density at radius 3 is 2.44 bits per heavy atom. The van der Waals surface area contributed by atoms with Crippen molar-refractivity contribution in [1.82, 2.24) is 4.90 Å². The lowest BCUT2D eigenvalue weighted by atomic mass is 9.91. The number of piperidine rings is 1. The van der Waals surface area contributed by atoms with Gasteiger partial charge in [-0.15, -0.1) is 0 Å². The van der Waals surface area contributed by atoms with E-state index in [1.165, 1.54) is 0 Å². The van der Waals surface area contributed by atoms with Crippen molar-refractivity contribution in [1.29, 1.82) is 0 Å². The van der Waals surface area contributed by atoms with E-state index in [4.69, 9.17) is 9.47 Å². The van der Waals surface area contributed by atoms with E-state index in [-0.39, 0.29) is 18.7 Å². The molecule has 0 amide bonds. The van der Waals surface area contributed by atoms with Crippen molar-refractivity contribution in [3.05, 3.63) is 0 Å². The average molecular weight is 263 g/mol. The van der Waals surface area contributed by atoms with E-state index in [1.54, 1.807) is 7.11 Å². The second-order valence-corrected chi connectivity index (χ2v) is 5.47. The topological polar surface area (TPSA) is 21.7 Å². The van der Waals surface area contributed by atoms with E-state index in [9.17, 15) is 8.78 Å². The quantitative estimate of drug-likeness (QED) is 0.759. The predicted molar refractivity (Wildman–Crippen MR) is 65.0 cm³/mol. The molecule has 0 N–H and O–H groups in total. The SMILES string of the molecule is COC1CC(OC2CCN(CC(F)F)[C@H](C)C2)C1. The van der Waals surface area contributed by atoms with Crippen molar-refractivity contribution < 1.29 is 18.3 Å². The summed E-state index contributed by atoms with van der Waals surface area (Å²) >= 11 is 0. The summed E-state index contributed by atoms with van der Waals surface area (Å²) in [4.78, 5) is 1.86. The number of hydrogen-bond donors (Lipinski definition) is 0. The van der Waals surface area contributed by atoms with Crippen molar-refractivity contribution >= 4 is 0 Å². The first-order chi connectivity index (χ1) is 8.58. The van der Waals surface area contributed by atoms with E-state index < -0.39 is 6.43 Å². The van der Waals surface area contributed by atoms with E-state index in [2.05, 4.69) is 0 Å². The summed E-state index contributed by atoms with van der Waals surface area (Å²) in [5, 5.41) is 0. The van der Waals surface area contributed by atoms with Crippen LogP contribution in [0.3, 0.4) is 0 Å². The number of nitrogens with zero attached hydrogens (tertiary/aromatic N) is 1. The third-order valence-corrected chi connectivity index (χ3v) is 4.11. The zero-order chi connectivity index (χ0) is 13.1. The van der Waals surface area contributed by atoms with Gasteiger partial charge >= 0.3 is 0 Å². The molecule has 18 heavy (non-hydrogen) atoms. The van der Waals surface area contributed by atoms with Crippen LogP contribution < -0.4 is 0 Å². The summed E-state index contributed by atoms with van der Waals surface area (Å²) in [5.41, 5.74) is 0. The summed E-state index contributed by atoms with van der Waals surface area (Å²) < 4.78 is 35.9. The summed E-state index contributed by atoms with van der Waals surface area (Å²) in [7, 11) is 1.73. The molecule has 2 aliphatic rings. The molecular formula is C13H23F2NO2. The van der Waals surface area contributed by atoms with Crippen LogP contribution in [0, 0.1) is 0 Å². The lowest BCUT2D eigenvalue weighted by molar-refractivity contribution is -0.132. The molecule has 2 fully saturated rings. The van der Waals surface area contributed by atoms with Crippen molar-refractivity contribution in [2.24, 2.45) is 0 Å². The van der Waals surface area contributed by atoms with Crippen molar-refractivity contribution in [3.8, 4) is 0 Å². The molecule has 1 aliphatic carbocycles. The highest BCUT2D eigenvalue weighted by Gasteiger charge is 2.34. The molecule has 2 atom stereocenters. The number of rotatable bonds is 5. The van der Waals surface area contributed by atoms with E-state index in [1.807, 2.05) is 11.8 Å². The Hall–Kier alpha value is -0.260. The largest absolute Gasteiger partial charge is 0.381 e. The second kappa shape index (κ2) is 6.26. The van der Waals surface area contributed by atoms with Gasteiger partial charge in [0.25, 0.3) is 6.43 Å². The van der Waals surface area contributed by atoms with Crippen molar-refractivity contribution in [2.75, 3.05) is 20.2 Å². The third kappa shape index (κ3) is 3.62. The molecular weight excluding hydrogens is 240 g/mol. The smallest absolute Gasteiger partial charge is 0.251 e. The van der Waals surface area contributed by atoms with Crippen LogP contribution in [0.4, 0.5) is 8.78 Å². The van der Waals surface area contributed by atoms with Crippen molar-refractivity contribution in [3.63, 3.8) is 0 Å². The lowest BCUT2D eigenvalue weighted by Crippen LogP contribution is -2.47. The zero-order valence-corrected chi connectivity index (χ0v) is 11.1. The van der Waals surface area contributed by atoms with Crippen LogP contribution in [0.25, 0.3) is 0 Å². The van der Waals surface area contributed by atoms with Crippen LogP contribution in [0.2, 0.25) is 0 Å². The molecule has 5 heteroatoms. The molecule has 0 spiro atoms. The number of ether oxygens (including phenoxy) is 2. The molecule has 1 saturated carbocycles. The van der Waals surface area contributed by atoms with Crippen LogP contribution in [0.1, 0.15) is 32.6 Å². The van der Waals surface area contributed by atoms with Gasteiger partial charge in [0.1, 0.15) is 0 Å². The van der Waals surface area contributed by atoms with Gasteiger partial charge in [-0.1, -0.05) is 0 Å². The lowest BCUT2D eigenvalue weighted by Gasteiger charge is -2.41. The first-order valence-electron chi connectivity index (χ1n) is 6.79. The maximum Gasteiger partial charge on any atom is 0.251 e.